The maximum absolute atomic E-state index is 12.5. The predicted octanol–water partition coefficient (Wildman–Crippen LogP) is 3.89. The fourth-order valence-corrected chi connectivity index (χ4v) is 3.49. The van der Waals surface area contributed by atoms with Crippen LogP contribution in [0.4, 0.5) is 0 Å². The van der Waals surface area contributed by atoms with Gasteiger partial charge in [0.2, 0.25) is 0 Å². The second kappa shape index (κ2) is 7.99. The molecule has 0 saturated carbocycles. The zero-order valence-corrected chi connectivity index (χ0v) is 15.7. The molecule has 0 aliphatic rings. The van der Waals surface area contributed by atoms with Gasteiger partial charge in [-0.05, 0) is 48.9 Å². The number of amides is 1. The minimum atomic E-state index is -0.330. The topological polar surface area (TPSA) is 64.3 Å². The summed E-state index contributed by atoms with van der Waals surface area (Å²) in [6.07, 6.45) is 1.68. The van der Waals surface area contributed by atoms with Gasteiger partial charge in [0, 0.05) is 16.8 Å². The highest BCUT2D eigenvalue weighted by molar-refractivity contribution is 7.21. The molecular weight excluding hydrogens is 332 g/mol. The fraction of sp³-hybridized carbons (Fsp3) is 0.471. The summed E-state index contributed by atoms with van der Waals surface area (Å²) in [6.45, 7) is 6.57. The molecule has 1 aromatic heterocycles. The maximum atomic E-state index is 12.5. The third-order valence-corrected chi connectivity index (χ3v) is 5.63. The third-order valence-electron chi connectivity index (χ3n) is 4.36. The van der Waals surface area contributed by atoms with E-state index in [9.17, 15) is 4.79 Å². The van der Waals surface area contributed by atoms with Crippen molar-refractivity contribution in [1.82, 2.24) is 5.32 Å². The molecule has 1 heterocycles. The largest absolute Gasteiger partial charge is 0.497 e. The molecule has 1 amide bonds. The number of carbonyl (C=O) groups is 1. The number of methoxy groups -OCH3 is 1. The Bertz CT molecular complexity index is 681. The zero-order valence-electron chi connectivity index (χ0n) is 14.1. The molecule has 0 fully saturated rings. The first-order valence-electron chi connectivity index (χ1n) is 7.58. The first-order chi connectivity index (χ1) is 10.4. The van der Waals surface area contributed by atoms with Crippen molar-refractivity contribution in [3.05, 3.63) is 28.6 Å². The van der Waals surface area contributed by atoms with Crippen molar-refractivity contribution in [3.8, 4) is 5.75 Å². The molecule has 23 heavy (non-hydrogen) atoms. The quantitative estimate of drug-likeness (QED) is 0.825. The van der Waals surface area contributed by atoms with Gasteiger partial charge < -0.3 is 15.8 Å². The van der Waals surface area contributed by atoms with Crippen LogP contribution < -0.4 is 15.8 Å². The van der Waals surface area contributed by atoms with Gasteiger partial charge in [0.25, 0.3) is 5.91 Å². The third kappa shape index (κ3) is 4.16. The van der Waals surface area contributed by atoms with Gasteiger partial charge in [0.05, 0.1) is 12.0 Å². The molecule has 0 atom stereocenters. The van der Waals surface area contributed by atoms with E-state index in [0.717, 1.165) is 39.1 Å². The number of nitrogens with one attached hydrogen (secondary N) is 1. The molecule has 0 unspecified atom stereocenters. The molecule has 0 saturated heterocycles. The van der Waals surface area contributed by atoms with Crippen molar-refractivity contribution in [2.45, 2.75) is 39.2 Å². The van der Waals surface area contributed by atoms with Gasteiger partial charge in [-0.25, -0.2) is 0 Å². The molecule has 0 aliphatic heterocycles. The first-order valence-corrected chi connectivity index (χ1v) is 8.40. The molecule has 4 nitrogen and oxygen atoms in total. The number of carbonyl (C=O) groups excluding carboxylic acids is 1. The average molecular weight is 357 g/mol. The number of benzene rings is 1. The van der Waals surface area contributed by atoms with Crippen molar-refractivity contribution in [2.75, 3.05) is 13.7 Å². The number of fused-ring (bicyclic) bond motifs is 1. The molecule has 0 radical (unpaired) electrons. The zero-order chi connectivity index (χ0) is 16.3. The summed E-state index contributed by atoms with van der Waals surface area (Å²) < 4.78 is 6.35. The summed E-state index contributed by atoms with van der Waals surface area (Å²) in [7, 11) is 1.65. The summed E-state index contributed by atoms with van der Waals surface area (Å²) in [6, 6.07) is 5.89. The normalized spacial score (nSPS) is 11.2. The summed E-state index contributed by atoms with van der Waals surface area (Å²) in [5.74, 6) is 0.757. The van der Waals surface area contributed by atoms with E-state index in [1.54, 1.807) is 7.11 Å². The SMILES string of the molecule is CCC(N)(CC)CNC(=O)c1sc2ccc(OC)cc2c1C.Cl. The van der Waals surface area contributed by atoms with Gasteiger partial charge >= 0.3 is 0 Å². The molecule has 128 valence electrons. The second-order valence-corrected chi connectivity index (χ2v) is 6.72. The van der Waals surface area contributed by atoms with E-state index in [2.05, 4.69) is 5.32 Å². The molecule has 2 aromatic rings. The summed E-state index contributed by atoms with van der Waals surface area (Å²) in [5, 5.41) is 4.06. The second-order valence-electron chi connectivity index (χ2n) is 5.67. The van der Waals surface area contributed by atoms with Gasteiger partial charge in [-0.2, -0.15) is 0 Å². The van der Waals surface area contributed by atoms with Gasteiger partial charge in [0.1, 0.15) is 5.75 Å². The van der Waals surface area contributed by atoms with Crippen LogP contribution in [-0.2, 0) is 0 Å². The fourth-order valence-electron chi connectivity index (χ4n) is 2.38. The van der Waals surface area contributed by atoms with Gasteiger partial charge in [-0.1, -0.05) is 13.8 Å². The molecule has 0 aliphatic carbocycles. The Hall–Kier alpha value is -1.30. The van der Waals surface area contributed by atoms with E-state index in [1.807, 2.05) is 39.0 Å². The Morgan fingerprint density at radius 1 is 1.35 bits per heavy atom. The van der Waals surface area contributed by atoms with Crippen molar-refractivity contribution >= 4 is 39.7 Å². The standard InChI is InChI=1S/C17H24N2O2S.ClH/c1-5-17(18,6-2)10-19-16(20)15-11(3)13-9-12(21-4)7-8-14(13)22-15;/h7-9H,5-6,10,18H2,1-4H3,(H,19,20);1H. The Kier molecular flexibility index (Phi) is 6.86. The van der Waals surface area contributed by atoms with Crippen LogP contribution in [0.3, 0.4) is 0 Å². The molecule has 0 spiro atoms. The van der Waals surface area contributed by atoms with Crippen molar-refractivity contribution < 1.29 is 9.53 Å². The summed E-state index contributed by atoms with van der Waals surface area (Å²) >= 11 is 1.51. The monoisotopic (exact) mass is 356 g/mol. The van der Waals surface area contributed by atoms with Crippen LogP contribution >= 0.6 is 23.7 Å². The highest BCUT2D eigenvalue weighted by atomic mass is 35.5. The molecule has 3 N–H and O–H groups in total. The lowest BCUT2D eigenvalue weighted by Crippen LogP contribution is -2.49. The highest BCUT2D eigenvalue weighted by Gasteiger charge is 2.23. The van der Waals surface area contributed by atoms with Crippen LogP contribution in [-0.4, -0.2) is 25.1 Å². The summed E-state index contributed by atoms with van der Waals surface area (Å²) in [4.78, 5) is 13.2. The van der Waals surface area contributed by atoms with Crippen LogP contribution in [0.25, 0.3) is 10.1 Å². The van der Waals surface area contributed by atoms with E-state index in [4.69, 9.17) is 10.5 Å². The van der Waals surface area contributed by atoms with Crippen LogP contribution in [0.15, 0.2) is 18.2 Å². The van der Waals surface area contributed by atoms with E-state index in [-0.39, 0.29) is 23.9 Å². The highest BCUT2D eigenvalue weighted by Crippen LogP contribution is 2.33. The number of hydrogen-bond acceptors (Lipinski definition) is 4. The van der Waals surface area contributed by atoms with E-state index in [0.29, 0.717) is 6.54 Å². The Balaban J connectivity index is 0.00000264. The average Bonchev–Trinajstić information content (AvgIpc) is 2.88. The van der Waals surface area contributed by atoms with Gasteiger partial charge in [0.15, 0.2) is 0 Å². The molecule has 6 heteroatoms. The molecule has 0 bridgehead atoms. The van der Waals surface area contributed by atoms with E-state index < -0.39 is 0 Å². The minimum absolute atomic E-state index is 0. The number of nitrogens with two attached hydrogens (primary N) is 1. The Labute approximate surface area is 147 Å². The minimum Gasteiger partial charge on any atom is -0.497 e. The van der Waals surface area contributed by atoms with Crippen molar-refractivity contribution in [2.24, 2.45) is 5.73 Å². The first kappa shape index (κ1) is 19.7. The van der Waals surface area contributed by atoms with E-state index in [1.165, 1.54) is 11.3 Å². The van der Waals surface area contributed by atoms with Crippen molar-refractivity contribution in [1.29, 1.82) is 0 Å². The molecular formula is C17H25ClN2O2S. The maximum Gasteiger partial charge on any atom is 0.261 e. The summed E-state index contributed by atoms with van der Waals surface area (Å²) in [5.41, 5.74) is 6.91. The number of thiophene rings is 1. The number of ether oxygens (including phenoxy) is 1. The van der Waals surface area contributed by atoms with Crippen molar-refractivity contribution in [3.63, 3.8) is 0 Å². The van der Waals surface area contributed by atoms with Gasteiger partial charge in [-0.3, -0.25) is 4.79 Å². The van der Waals surface area contributed by atoms with E-state index >= 15 is 0 Å². The number of aryl methyl sites for hydroxylation is 1. The van der Waals surface area contributed by atoms with Crippen LogP contribution in [0, 0.1) is 6.92 Å². The number of hydrogen-bond donors (Lipinski definition) is 2. The number of halogens is 1. The Morgan fingerprint density at radius 3 is 2.57 bits per heavy atom. The molecule has 2 rings (SSSR count). The van der Waals surface area contributed by atoms with Crippen LogP contribution in [0.5, 0.6) is 5.75 Å². The lowest BCUT2D eigenvalue weighted by atomic mass is 9.94. The smallest absolute Gasteiger partial charge is 0.261 e. The van der Waals surface area contributed by atoms with Crippen LogP contribution in [0.1, 0.15) is 41.9 Å². The van der Waals surface area contributed by atoms with Crippen LogP contribution in [0.2, 0.25) is 0 Å². The number of rotatable bonds is 6. The predicted molar refractivity (Wildman–Crippen MR) is 100 cm³/mol. The lowest BCUT2D eigenvalue weighted by molar-refractivity contribution is 0.0946. The lowest BCUT2D eigenvalue weighted by Gasteiger charge is -2.26. The molecule has 1 aromatic carbocycles. The van der Waals surface area contributed by atoms with Gasteiger partial charge in [-0.15, -0.1) is 23.7 Å². The Morgan fingerprint density at radius 2 is 2.00 bits per heavy atom.